The predicted molar refractivity (Wildman–Crippen MR) is 59.4 cm³/mol. The molecule has 1 aliphatic carbocycles. The number of fused-ring (bicyclic) bond motifs is 1. The molecule has 1 aliphatic rings. The van der Waals surface area contributed by atoms with E-state index in [1.54, 1.807) is 19.1 Å². The van der Waals surface area contributed by atoms with E-state index in [0.29, 0.717) is 10.6 Å². The predicted octanol–water partition coefficient (Wildman–Crippen LogP) is 2.62. The maximum Gasteiger partial charge on any atom is 0.0991 e. The third-order valence-corrected chi connectivity index (χ3v) is 2.97. The fourth-order valence-electron chi connectivity index (χ4n) is 1.92. The molecule has 15 heavy (non-hydrogen) atoms. The summed E-state index contributed by atoms with van der Waals surface area (Å²) in [4.78, 5) is 0. The molecule has 2 unspecified atom stereocenters. The highest BCUT2D eigenvalue weighted by Crippen LogP contribution is 2.40. The van der Waals surface area contributed by atoms with Crippen molar-refractivity contribution in [3.8, 4) is 6.07 Å². The van der Waals surface area contributed by atoms with Gasteiger partial charge in [-0.15, -0.1) is 0 Å². The first-order valence-electron chi connectivity index (χ1n) is 4.72. The van der Waals surface area contributed by atoms with Gasteiger partial charge < -0.3 is 5.11 Å². The van der Waals surface area contributed by atoms with Gasteiger partial charge in [0.2, 0.25) is 0 Å². The van der Waals surface area contributed by atoms with Gasteiger partial charge in [0.15, 0.2) is 0 Å². The topological polar surface area (TPSA) is 44.0 Å². The van der Waals surface area contributed by atoms with Crippen LogP contribution in [0.2, 0.25) is 0 Å². The number of rotatable bonds is 1. The van der Waals surface area contributed by atoms with E-state index in [4.69, 9.17) is 16.9 Å². The normalized spacial score (nSPS) is 20.4. The van der Waals surface area contributed by atoms with Crippen molar-refractivity contribution in [1.29, 1.82) is 5.26 Å². The van der Waals surface area contributed by atoms with E-state index in [-0.39, 0.29) is 5.92 Å². The van der Waals surface area contributed by atoms with Crippen LogP contribution in [0.3, 0.4) is 0 Å². The Bertz CT molecular complexity index is 471. The quantitative estimate of drug-likeness (QED) is 0.789. The summed E-state index contributed by atoms with van der Waals surface area (Å²) in [6.07, 6.45) is 1.30. The number of nitriles is 1. The van der Waals surface area contributed by atoms with Crippen LogP contribution in [0.1, 0.15) is 29.5 Å². The molecule has 2 nitrogen and oxygen atoms in total. The molecule has 0 heterocycles. The molecule has 1 aromatic carbocycles. The molecule has 1 aromatic rings. The van der Waals surface area contributed by atoms with Gasteiger partial charge in [-0.2, -0.15) is 5.26 Å². The lowest BCUT2D eigenvalue weighted by Gasteiger charge is -2.16. The molecule has 76 valence electrons. The molecule has 0 aliphatic heterocycles. The number of benzene rings is 1. The summed E-state index contributed by atoms with van der Waals surface area (Å²) in [5.41, 5.74) is 2.53. The van der Waals surface area contributed by atoms with Crippen LogP contribution in [0.5, 0.6) is 0 Å². The van der Waals surface area contributed by atoms with E-state index in [1.165, 1.54) is 0 Å². The molecule has 2 atom stereocenters. The average Bonchev–Trinajstić information content (AvgIpc) is 2.52. The molecule has 0 radical (unpaired) electrons. The Kier molecular flexibility index (Phi) is 2.52. The summed E-state index contributed by atoms with van der Waals surface area (Å²) in [6, 6.07) is 7.49. The Morgan fingerprint density at radius 2 is 2.27 bits per heavy atom. The van der Waals surface area contributed by atoms with Crippen molar-refractivity contribution in [1.82, 2.24) is 0 Å². The van der Waals surface area contributed by atoms with Crippen LogP contribution in [0.15, 0.2) is 23.2 Å². The fourth-order valence-corrected chi connectivity index (χ4v) is 2.34. The van der Waals surface area contributed by atoms with E-state index < -0.39 is 6.10 Å². The first kappa shape index (κ1) is 10.2. The number of halogens is 1. The van der Waals surface area contributed by atoms with Crippen LogP contribution in [0.4, 0.5) is 0 Å². The number of aliphatic hydroxyl groups is 1. The molecule has 0 fully saturated rings. The molecule has 2 rings (SSSR count). The highest BCUT2D eigenvalue weighted by atomic mass is 35.5. The van der Waals surface area contributed by atoms with Crippen LogP contribution >= 0.6 is 11.6 Å². The smallest absolute Gasteiger partial charge is 0.0991 e. The summed E-state index contributed by atoms with van der Waals surface area (Å²) >= 11 is 6.05. The summed E-state index contributed by atoms with van der Waals surface area (Å²) in [7, 11) is 0. The van der Waals surface area contributed by atoms with Crippen molar-refractivity contribution in [2.24, 2.45) is 0 Å². The Balaban J connectivity index is 2.52. The lowest BCUT2D eigenvalue weighted by atomic mass is 9.94. The first-order valence-corrected chi connectivity index (χ1v) is 5.10. The monoisotopic (exact) mass is 219 g/mol. The minimum Gasteiger partial charge on any atom is -0.392 e. The van der Waals surface area contributed by atoms with Gasteiger partial charge in [-0.1, -0.05) is 17.7 Å². The standard InChI is InChI=1S/C12H10ClNO/c1-7(15)12-10-4-8(6-14)2-3-9(10)5-11(12)13/h2-5,7,12,15H,1H3. The summed E-state index contributed by atoms with van der Waals surface area (Å²) in [5.74, 6) is -0.185. The van der Waals surface area contributed by atoms with Gasteiger partial charge in [-0.25, -0.2) is 0 Å². The summed E-state index contributed by atoms with van der Waals surface area (Å²) in [5, 5.41) is 19.1. The van der Waals surface area contributed by atoms with Crippen molar-refractivity contribution in [2.75, 3.05) is 0 Å². The molecule has 0 spiro atoms. The molecular weight excluding hydrogens is 210 g/mol. The largest absolute Gasteiger partial charge is 0.392 e. The Hall–Kier alpha value is -1.30. The van der Waals surface area contributed by atoms with Gasteiger partial charge in [-0.05, 0) is 36.3 Å². The number of aliphatic hydroxyl groups excluding tert-OH is 1. The zero-order chi connectivity index (χ0) is 11.0. The lowest BCUT2D eigenvalue weighted by molar-refractivity contribution is 0.178. The maximum atomic E-state index is 9.62. The molecule has 3 heteroatoms. The summed E-state index contributed by atoms with van der Waals surface area (Å²) in [6.45, 7) is 1.70. The van der Waals surface area contributed by atoms with E-state index in [2.05, 4.69) is 6.07 Å². The van der Waals surface area contributed by atoms with Crippen molar-refractivity contribution < 1.29 is 5.11 Å². The molecular formula is C12H10ClNO. The third kappa shape index (κ3) is 1.65. The Morgan fingerprint density at radius 3 is 2.87 bits per heavy atom. The Morgan fingerprint density at radius 1 is 1.53 bits per heavy atom. The van der Waals surface area contributed by atoms with Crippen LogP contribution < -0.4 is 0 Å². The van der Waals surface area contributed by atoms with E-state index in [9.17, 15) is 5.11 Å². The Labute approximate surface area is 93.4 Å². The fraction of sp³-hybridized carbons (Fsp3) is 0.250. The molecule has 0 bridgehead atoms. The van der Waals surface area contributed by atoms with Crippen LogP contribution in [0.25, 0.3) is 6.08 Å². The number of hydrogen-bond donors (Lipinski definition) is 1. The minimum atomic E-state index is -0.538. The zero-order valence-electron chi connectivity index (χ0n) is 8.24. The number of hydrogen-bond acceptors (Lipinski definition) is 2. The first-order chi connectivity index (χ1) is 7.13. The highest BCUT2D eigenvalue weighted by Gasteiger charge is 2.28. The van der Waals surface area contributed by atoms with Crippen molar-refractivity contribution >= 4 is 17.7 Å². The number of nitrogens with zero attached hydrogens (tertiary/aromatic N) is 1. The van der Waals surface area contributed by atoms with Gasteiger partial charge in [0.1, 0.15) is 0 Å². The third-order valence-electron chi connectivity index (χ3n) is 2.62. The maximum absolute atomic E-state index is 9.62. The molecule has 0 amide bonds. The van der Waals surface area contributed by atoms with Crippen molar-refractivity contribution in [3.63, 3.8) is 0 Å². The average molecular weight is 220 g/mol. The second-order valence-electron chi connectivity index (χ2n) is 3.70. The minimum absolute atomic E-state index is 0.185. The van der Waals surface area contributed by atoms with Crippen molar-refractivity contribution in [3.05, 3.63) is 39.9 Å². The SMILES string of the molecule is CC(O)C1C(Cl)=Cc2ccc(C#N)cc21. The van der Waals surface area contributed by atoms with Gasteiger partial charge >= 0.3 is 0 Å². The second-order valence-corrected chi connectivity index (χ2v) is 4.14. The van der Waals surface area contributed by atoms with Crippen LogP contribution in [-0.4, -0.2) is 11.2 Å². The second kappa shape index (κ2) is 3.69. The highest BCUT2D eigenvalue weighted by molar-refractivity contribution is 6.33. The lowest BCUT2D eigenvalue weighted by Crippen LogP contribution is -2.13. The van der Waals surface area contributed by atoms with E-state index in [0.717, 1.165) is 11.1 Å². The van der Waals surface area contributed by atoms with Crippen LogP contribution in [0, 0.1) is 11.3 Å². The molecule has 1 N–H and O–H groups in total. The summed E-state index contributed by atoms with van der Waals surface area (Å²) < 4.78 is 0. The zero-order valence-corrected chi connectivity index (χ0v) is 8.99. The van der Waals surface area contributed by atoms with E-state index in [1.807, 2.05) is 12.1 Å². The van der Waals surface area contributed by atoms with Gasteiger partial charge in [0, 0.05) is 11.0 Å². The van der Waals surface area contributed by atoms with Gasteiger partial charge in [0.05, 0.1) is 17.7 Å². The van der Waals surface area contributed by atoms with Crippen LogP contribution in [-0.2, 0) is 0 Å². The van der Waals surface area contributed by atoms with Crippen molar-refractivity contribution in [2.45, 2.75) is 18.9 Å². The van der Waals surface area contributed by atoms with E-state index >= 15 is 0 Å². The molecule has 0 saturated heterocycles. The molecule has 0 aromatic heterocycles. The van der Waals surface area contributed by atoms with Gasteiger partial charge in [0.25, 0.3) is 0 Å². The molecule has 0 saturated carbocycles. The van der Waals surface area contributed by atoms with Gasteiger partial charge in [-0.3, -0.25) is 0 Å².